The molecule has 0 aliphatic carbocycles. The highest BCUT2D eigenvalue weighted by molar-refractivity contribution is 6.32. The van der Waals surface area contributed by atoms with Gasteiger partial charge in [0.25, 0.3) is 5.91 Å². The molecule has 1 amide bonds. The van der Waals surface area contributed by atoms with Gasteiger partial charge in [0.15, 0.2) is 29.6 Å². The van der Waals surface area contributed by atoms with Crippen molar-refractivity contribution < 1.29 is 29.1 Å². The molecule has 2 aromatic carbocycles. The van der Waals surface area contributed by atoms with Crippen molar-refractivity contribution in [2.75, 3.05) is 26.9 Å². The molecule has 0 unspecified atom stereocenters. The van der Waals surface area contributed by atoms with Gasteiger partial charge in [-0.15, -0.1) is 0 Å². The molecule has 0 saturated carbocycles. The van der Waals surface area contributed by atoms with E-state index in [2.05, 4.69) is 5.32 Å². The van der Waals surface area contributed by atoms with Crippen molar-refractivity contribution in [3.63, 3.8) is 0 Å². The predicted octanol–water partition coefficient (Wildman–Crippen LogP) is 1.64. The van der Waals surface area contributed by atoms with Gasteiger partial charge < -0.3 is 30.0 Å². The second-order valence-corrected chi connectivity index (χ2v) is 6.80. The molecule has 4 N–H and O–H groups in total. The Morgan fingerprint density at radius 2 is 1.93 bits per heavy atom. The maximum absolute atomic E-state index is 10.9. The zero-order chi connectivity index (χ0) is 19.9. The van der Waals surface area contributed by atoms with Crippen LogP contribution in [0, 0.1) is 0 Å². The van der Waals surface area contributed by atoms with Crippen LogP contribution < -0.4 is 30.0 Å². The number of fused-ring (bicyclic) bond motifs is 1. The number of quaternary nitrogens is 1. The molecule has 28 heavy (non-hydrogen) atoms. The minimum Gasteiger partial charge on any atom is -0.493 e. The number of halogens is 1. The van der Waals surface area contributed by atoms with Crippen LogP contribution >= 0.6 is 11.6 Å². The summed E-state index contributed by atoms with van der Waals surface area (Å²) in [7, 11) is 1.56. The summed E-state index contributed by atoms with van der Waals surface area (Å²) >= 11 is 6.34. The number of benzene rings is 2. The van der Waals surface area contributed by atoms with E-state index >= 15 is 0 Å². The van der Waals surface area contributed by atoms with E-state index in [1.165, 1.54) is 0 Å². The fraction of sp³-hybridized carbons (Fsp3) is 0.350. The van der Waals surface area contributed by atoms with Crippen molar-refractivity contribution in [3.8, 4) is 23.0 Å². The first kappa shape index (κ1) is 20.1. The highest BCUT2D eigenvalue weighted by Crippen LogP contribution is 2.37. The van der Waals surface area contributed by atoms with Crippen LogP contribution in [0.3, 0.4) is 0 Å². The summed E-state index contributed by atoms with van der Waals surface area (Å²) in [4.78, 5) is 10.9. The Bertz CT molecular complexity index is 844. The highest BCUT2D eigenvalue weighted by atomic mass is 35.5. The molecule has 0 radical (unpaired) electrons. The van der Waals surface area contributed by atoms with Gasteiger partial charge in [-0.25, -0.2) is 0 Å². The van der Waals surface area contributed by atoms with Gasteiger partial charge in [0.1, 0.15) is 13.1 Å². The molecule has 0 atom stereocenters. The zero-order valence-corrected chi connectivity index (χ0v) is 16.5. The van der Waals surface area contributed by atoms with E-state index in [0.29, 0.717) is 41.2 Å². The van der Waals surface area contributed by atoms with Crippen LogP contribution in [0.15, 0.2) is 30.3 Å². The van der Waals surface area contributed by atoms with E-state index in [0.717, 1.165) is 30.6 Å². The molecule has 1 aliphatic rings. The first-order valence-electron chi connectivity index (χ1n) is 9.04. The summed E-state index contributed by atoms with van der Waals surface area (Å²) in [5.74, 6) is 1.84. The second-order valence-electron chi connectivity index (χ2n) is 6.39. The maximum atomic E-state index is 10.9. The minimum atomic E-state index is -0.534. The first-order chi connectivity index (χ1) is 13.6. The largest absolute Gasteiger partial charge is 0.493 e. The average Bonchev–Trinajstić information content (AvgIpc) is 2.92. The summed E-state index contributed by atoms with van der Waals surface area (Å²) in [5, 5.41) is 2.72. The quantitative estimate of drug-likeness (QED) is 0.693. The molecule has 0 bridgehead atoms. The number of methoxy groups -OCH3 is 1. The number of ether oxygens (including phenoxy) is 4. The van der Waals surface area contributed by atoms with Crippen molar-refractivity contribution >= 4 is 17.5 Å². The lowest BCUT2D eigenvalue weighted by Gasteiger charge is -2.12. The molecule has 7 nitrogen and oxygen atoms in total. The lowest BCUT2D eigenvalue weighted by Crippen LogP contribution is -2.80. The molecule has 1 aliphatic heterocycles. The molecule has 0 spiro atoms. The average molecular weight is 408 g/mol. The normalized spacial score (nSPS) is 12.9. The molecular weight excluding hydrogens is 384 g/mol. The monoisotopic (exact) mass is 407 g/mol. The summed E-state index contributed by atoms with van der Waals surface area (Å²) in [6.45, 7) is 2.52. The Morgan fingerprint density at radius 1 is 1.14 bits per heavy atom. The van der Waals surface area contributed by atoms with Gasteiger partial charge in [-0.05, 0) is 30.3 Å². The topological polar surface area (TPSA) is 96.6 Å². The van der Waals surface area contributed by atoms with Crippen molar-refractivity contribution in [1.29, 1.82) is 0 Å². The molecule has 0 saturated heterocycles. The Morgan fingerprint density at radius 3 is 2.71 bits per heavy atom. The van der Waals surface area contributed by atoms with Crippen LogP contribution in [0.4, 0.5) is 0 Å². The Balaban J connectivity index is 1.61. The van der Waals surface area contributed by atoms with Gasteiger partial charge in [-0.3, -0.25) is 4.79 Å². The number of hydrogen-bond acceptors (Lipinski definition) is 5. The number of carbonyl (C=O) groups is 1. The third kappa shape index (κ3) is 5.21. The summed E-state index contributed by atoms with van der Waals surface area (Å²) in [5.41, 5.74) is 7.23. The standard InChI is InChI=1S/C20H23ClN2O5/c1-25-17-8-13(3-4-16(17)28-12-19(22)24)10-23-11-14-7-15(21)20-18(9-14)26-5-2-6-27-20/h3-4,7-9,23H,2,5-6,10-12H2,1H3,(H2,22,24)/p+1. The molecule has 3 rings (SSSR count). The predicted molar refractivity (Wildman–Crippen MR) is 104 cm³/mol. The van der Waals surface area contributed by atoms with Crippen LogP contribution in [0.25, 0.3) is 0 Å². The van der Waals surface area contributed by atoms with Gasteiger partial charge in [-0.1, -0.05) is 11.6 Å². The summed E-state index contributed by atoms with van der Waals surface area (Å²) in [6.07, 6.45) is 0.841. The van der Waals surface area contributed by atoms with Gasteiger partial charge in [0.2, 0.25) is 0 Å². The minimum absolute atomic E-state index is 0.188. The first-order valence-corrected chi connectivity index (χ1v) is 9.42. The van der Waals surface area contributed by atoms with Gasteiger partial charge in [-0.2, -0.15) is 0 Å². The lowest BCUT2D eigenvalue weighted by molar-refractivity contribution is -0.686. The van der Waals surface area contributed by atoms with Crippen molar-refractivity contribution in [1.82, 2.24) is 0 Å². The van der Waals surface area contributed by atoms with E-state index in [4.69, 9.17) is 36.3 Å². The van der Waals surface area contributed by atoms with Crippen LogP contribution in [-0.4, -0.2) is 32.8 Å². The Labute approximate surface area is 168 Å². The van der Waals surface area contributed by atoms with Gasteiger partial charge in [0.05, 0.1) is 25.3 Å². The van der Waals surface area contributed by atoms with E-state index in [1.807, 2.05) is 24.3 Å². The van der Waals surface area contributed by atoms with Crippen LogP contribution in [0.1, 0.15) is 17.5 Å². The lowest BCUT2D eigenvalue weighted by atomic mass is 10.1. The fourth-order valence-corrected chi connectivity index (χ4v) is 3.20. The number of rotatable bonds is 8. The molecule has 1 heterocycles. The number of carbonyl (C=O) groups excluding carboxylic acids is 1. The van der Waals surface area contributed by atoms with Crippen molar-refractivity contribution in [2.24, 2.45) is 5.73 Å². The molecule has 0 fully saturated rings. The van der Waals surface area contributed by atoms with Crippen molar-refractivity contribution in [2.45, 2.75) is 19.5 Å². The van der Waals surface area contributed by atoms with Crippen LogP contribution in [0.2, 0.25) is 5.02 Å². The fourth-order valence-electron chi connectivity index (χ4n) is 2.91. The van der Waals surface area contributed by atoms with E-state index in [1.54, 1.807) is 13.2 Å². The van der Waals surface area contributed by atoms with E-state index in [-0.39, 0.29) is 6.61 Å². The van der Waals surface area contributed by atoms with Crippen molar-refractivity contribution in [3.05, 3.63) is 46.5 Å². The zero-order valence-electron chi connectivity index (χ0n) is 15.7. The molecule has 0 aromatic heterocycles. The third-order valence-corrected chi connectivity index (χ3v) is 4.50. The molecule has 8 heteroatoms. The second kappa shape index (κ2) is 9.52. The smallest absolute Gasteiger partial charge is 0.255 e. The number of hydrogen-bond donors (Lipinski definition) is 2. The summed E-state index contributed by atoms with van der Waals surface area (Å²) < 4.78 is 22.1. The number of amides is 1. The number of primary amides is 1. The SMILES string of the molecule is COc1cc(C[NH2+]Cc2cc(Cl)c3c(c2)OCCCO3)ccc1OCC(N)=O. The molecular formula is C20H24ClN2O5+. The molecule has 150 valence electrons. The van der Waals surface area contributed by atoms with E-state index < -0.39 is 5.91 Å². The Kier molecular flexibility index (Phi) is 6.84. The Hall–Kier alpha value is -2.64. The van der Waals surface area contributed by atoms with Gasteiger partial charge >= 0.3 is 0 Å². The van der Waals surface area contributed by atoms with Gasteiger partial charge in [0, 0.05) is 17.5 Å². The van der Waals surface area contributed by atoms with Crippen LogP contribution in [-0.2, 0) is 17.9 Å². The third-order valence-electron chi connectivity index (χ3n) is 4.22. The highest BCUT2D eigenvalue weighted by Gasteiger charge is 2.16. The molecule has 2 aromatic rings. The summed E-state index contributed by atoms with van der Waals surface area (Å²) in [6, 6.07) is 9.47. The van der Waals surface area contributed by atoms with E-state index in [9.17, 15) is 4.79 Å². The van der Waals surface area contributed by atoms with Crippen LogP contribution in [0.5, 0.6) is 23.0 Å². The number of nitrogens with two attached hydrogens (primary N) is 2. The maximum Gasteiger partial charge on any atom is 0.255 e.